The number of sulfone groups is 1. The van der Waals surface area contributed by atoms with E-state index in [1.807, 2.05) is 25.1 Å². The Labute approximate surface area is 141 Å². The second-order valence-electron chi connectivity index (χ2n) is 6.47. The van der Waals surface area contributed by atoms with Gasteiger partial charge in [0.15, 0.2) is 16.4 Å². The van der Waals surface area contributed by atoms with Crippen molar-refractivity contribution in [3.63, 3.8) is 0 Å². The van der Waals surface area contributed by atoms with Gasteiger partial charge in [0.25, 0.3) is 5.91 Å². The van der Waals surface area contributed by atoms with Crippen LogP contribution in [0.1, 0.15) is 23.7 Å². The van der Waals surface area contributed by atoms with Crippen molar-refractivity contribution in [1.82, 2.24) is 5.32 Å². The molecule has 8 heteroatoms. The third kappa shape index (κ3) is 4.70. The van der Waals surface area contributed by atoms with Gasteiger partial charge in [0, 0.05) is 19.8 Å². The SMILES string of the molecule is CN(C)c1cccc(C(=O)OCC(=O)N[C@@]2(C)CCS(=O)(=O)C2)c1. The molecule has 1 aliphatic heterocycles. The van der Waals surface area contributed by atoms with Crippen LogP contribution in [-0.2, 0) is 19.4 Å². The molecule has 1 amide bonds. The molecule has 0 radical (unpaired) electrons. The molecule has 1 heterocycles. The number of nitrogens with one attached hydrogen (secondary N) is 1. The zero-order valence-electron chi connectivity index (χ0n) is 14.0. The number of carbonyl (C=O) groups excluding carboxylic acids is 2. The van der Waals surface area contributed by atoms with Crippen molar-refractivity contribution in [3.8, 4) is 0 Å². The molecule has 0 spiro atoms. The summed E-state index contributed by atoms with van der Waals surface area (Å²) in [5, 5.41) is 2.64. The molecule has 0 bridgehead atoms. The first-order valence-corrected chi connectivity index (χ1v) is 9.38. The molecule has 24 heavy (non-hydrogen) atoms. The number of ether oxygens (including phenoxy) is 1. The average molecular weight is 354 g/mol. The van der Waals surface area contributed by atoms with Crippen LogP contribution in [0.3, 0.4) is 0 Å². The van der Waals surface area contributed by atoms with Crippen molar-refractivity contribution in [3.05, 3.63) is 29.8 Å². The number of anilines is 1. The van der Waals surface area contributed by atoms with Crippen molar-refractivity contribution in [2.24, 2.45) is 0 Å². The summed E-state index contributed by atoms with van der Waals surface area (Å²) in [6.45, 7) is 1.23. The second-order valence-corrected chi connectivity index (χ2v) is 8.66. The summed E-state index contributed by atoms with van der Waals surface area (Å²) in [7, 11) is 0.597. The zero-order valence-corrected chi connectivity index (χ0v) is 14.9. The van der Waals surface area contributed by atoms with E-state index in [0.717, 1.165) is 5.69 Å². The van der Waals surface area contributed by atoms with Crippen LogP contribution in [0.4, 0.5) is 5.69 Å². The van der Waals surface area contributed by atoms with Gasteiger partial charge < -0.3 is 15.0 Å². The summed E-state index contributed by atoms with van der Waals surface area (Å²) in [5.74, 6) is -1.14. The maximum absolute atomic E-state index is 12.0. The summed E-state index contributed by atoms with van der Waals surface area (Å²) < 4.78 is 28.1. The molecule has 0 unspecified atom stereocenters. The van der Waals surface area contributed by atoms with Crippen LogP contribution >= 0.6 is 0 Å². The molecule has 1 saturated heterocycles. The summed E-state index contributed by atoms with van der Waals surface area (Å²) in [6.07, 6.45) is 0.361. The smallest absolute Gasteiger partial charge is 0.338 e. The van der Waals surface area contributed by atoms with Crippen molar-refractivity contribution in [2.75, 3.05) is 37.1 Å². The number of benzene rings is 1. The van der Waals surface area contributed by atoms with E-state index < -0.39 is 33.9 Å². The fourth-order valence-electron chi connectivity index (χ4n) is 2.61. The van der Waals surface area contributed by atoms with E-state index in [2.05, 4.69) is 5.32 Å². The van der Waals surface area contributed by atoms with E-state index in [4.69, 9.17) is 4.74 Å². The van der Waals surface area contributed by atoms with Gasteiger partial charge in [-0.05, 0) is 31.5 Å². The van der Waals surface area contributed by atoms with Crippen LogP contribution < -0.4 is 10.2 Å². The van der Waals surface area contributed by atoms with Crippen molar-refractivity contribution in [1.29, 1.82) is 0 Å². The van der Waals surface area contributed by atoms with Gasteiger partial charge in [0.05, 0.1) is 22.6 Å². The molecule has 1 N–H and O–H groups in total. The monoisotopic (exact) mass is 354 g/mol. The Morgan fingerprint density at radius 3 is 2.62 bits per heavy atom. The number of nitrogens with zero attached hydrogens (tertiary/aromatic N) is 1. The van der Waals surface area contributed by atoms with Crippen molar-refractivity contribution < 1.29 is 22.7 Å². The Kier molecular flexibility index (Phi) is 5.17. The molecule has 7 nitrogen and oxygen atoms in total. The fraction of sp³-hybridized carbons (Fsp3) is 0.500. The quantitative estimate of drug-likeness (QED) is 0.779. The first-order chi connectivity index (χ1) is 11.1. The highest BCUT2D eigenvalue weighted by molar-refractivity contribution is 7.91. The Bertz CT molecular complexity index is 745. The number of amides is 1. The van der Waals surface area contributed by atoms with Crippen LogP contribution in [0.2, 0.25) is 0 Å². The second kappa shape index (κ2) is 6.80. The van der Waals surface area contributed by atoms with Crippen LogP contribution in [0.5, 0.6) is 0 Å². The summed E-state index contributed by atoms with van der Waals surface area (Å²) in [4.78, 5) is 25.8. The van der Waals surface area contributed by atoms with Gasteiger partial charge in [0.2, 0.25) is 0 Å². The summed E-state index contributed by atoms with van der Waals surface area (Å²) in [5.41, 5.74) is 0.397. The highest BCUT2D eigenvalue weighted by atomic mass is 32.2. The number of hydrogen-bond acceptors (Lipinski definition) is 6. The van der Waals surface area contributed by atoms with Gasteiger partial charge in [-0.25, -0.2) is 13.2 Å². The minimum atomic E-state index is -3.11. The molecule has 1 atom stereocenters. The molecule has 1 aromatic carbocycles. The lowest BCUT2D eigenvalue weighted by molar-refractivity contribution is -0.125. The molecular formula is C16H22N2O5S. The molecule has 132 valence electrons. The summed E-state index contributed by atoms with van der Waals surface area (Å²) >= 11 is 0. The van der Waals surface area contributed by atoms with Crippen molar-refractivity contribution >= 4 is 27.4 Å². The maximum atomic E-state index is 12.0. The topological polar surface area (TPSA) is 92.8 Å². The summed E-state index contributed by atoms with van der Waals surface area (Å²) in [6, 6.07) is 6.87. The van der Waals surface area contributed by atoms with Crippen LogP contribution in [0, 0.1) is 0 Å². The van der Waals surface area contributed by atoms with Gasteiger partial charge in [-0.15, -0.1) is 0 Å². The minimum Gasteiger partial charge on any atom is -0.452 e. The Balaban J connectivity index is 1.90. The number of esters is 1. The van der Waals surface area contributed by atoms with Gasteiger partial charge in [-0.1, -0.05) is 6.07 Å². The van der Waals surface area contributed by atoms with Gasteiger partial charge in [0.1, 0.15) is 0 Å². The van der Waals surface area contributed by atoms with Gasteiger partial charge >= 0.3 is 5.97 Å². The van der Waals surface area contributed by atoms with E-state index in [1.165, 1.54) is 0 Å². The molecule has 0 aliphatic carbocycles. The lowest BCUT2D eigenvalue weighted by Crippen LogP contribution is -2.48. The lowest BCUT2D eigenvalue weighted by atomic mass is 10.0. The first kappa shape index (κ1) is 18.3. The first-order valence-electron chi connectivity index (χ1n) is 7.56. The third-order valence-electron chi connectivity index (χ3n) is 3.88. The minimum absolute atomic E-state index is 0.0564. The van der Waals surface area contributed by atoms with Crippen LogP contribution in [0.25, 0.3) is 0 Å². The maximum Gasteiger partial charge on any atom is 0.338 e. The van der Waals surface area contributed by atoms with Crippen molar-refractivity contribution in [2.45, 2.75) is 18.9 Å². The zero-order chi connectivity index (χ0) is 18.0. The molecule has 2 rings (SSSR count). The van der Waals surface area contributed by atoms with E-state index in [-0.39, 0.29) is 11.5 Å². The normalized spacial score (nSPS) is 22.0. The van der Waals surface area contributed by atoms with Crippen LogP contribution in [0.15, 0.2) is 24.3 Å². The number of rotatable bonds is 5. The molecular weight excluding hydrogens is 332 g/mol. The molecule has 0 saturated carbocycles. The van der Waals surface area contributed by atoms with E-state index in [1.54, 1.807) is 25.1 Å². The van der Waals surface area contributed by atoms with E-state index >= 15 is 0 Å². The average Bonchev–Trinajstić information content (AvgIpc) is 2.78. The van der Waals surface area contributed by atoms with Crippen LogP contribution in [-0.4, -0.2) is 58.0 Å². The predicted molar refractivity (Wildman–Crippen MR) is 90.9 cm³/mol. The van der Waals surface area contributed by atoms with Gasteiger partial charge in [-0.3, -0.25) is 4.79 Å². The highest BCUT2D eigenvalue weighted by Gasteiger charge is 2.39. The third-order valence-corrected chi connectivity index (χ3v) is 5.78. The predicted octanol–water partition coefficient (Wildman–Crippen LogP) is 0.603. The standard InChI is InChI=1S/C16H22N2O5S/c1-16(7-8-24(21,22)11-16)17-14(19)10-23-15(20)12-5-4-6-13(9-12)18(2)3/h4-6,9H,7-8,10-11H2,1-3H3,(H,17,19)/t16-/m0/s1. The molecule has 0 aromatic heterocycles. The molecule has 1 fully saturated rings. The van der Waals surface area contributed by atoms with Gasteiger partial charge in [-0.2, -0.15) is 0 Å². The lowest BCUT2D eigenvalue weighted by Gasteiger charge is -2.23. The molecule has 1 aliphatic rings. The number of carbonyl (C=O) groups is 2. The Morgan fingerprint density at radius 1 is 1.33 bits per heavy atom. The highest BCUT2D eigenvalue weighted by Crippen LogP contribution is 2.22. The Hall–Kier alpha value is -2.09. The Morgan fingerprint density at radius 2 is 2.04 bits per heavy atom. The molecule has 1 aromatic rings. The largest absolute Gasteiger partial charge is 0.452 e. The van der Waals surface area contributed by atoms with E-state index in [0.29, 0.717) is 12.0 Å². The number of hydrogen-bond donors (Lipinski definition) is 1. The van der Waals surface area contributed by atoms with E-state index in [9.17, 15) is 18.0 Å². The fourth-order valence-corrected chi connectivity index (χ4v) is 4.70.